The van der Waals surface area contributed by atoms with Gasteiger partial charge in [-0.3, -0.25) is 4.79 Å². The monoisotopic (exact) mass is 326 g/mol. The number of hydrogen-bond donors (Lipinski definition) is 0. The van der Waals surface area contributed by atoms with Crippen molar-refractivity contribution in [2.24, 2.45) is 0 Å². The number of ether oxygens (including phenoxy) is 2. The summed E-state index contributed by atoms with van der Waals surface area (Å²) in [5.41, 5.74) is 0. The first kappa shape index (κ1) is 12.7. The Hall–Kier alpha value is -0.330. The third-order valence-corrected chi connectivity index (χ3v) is 3.67. The molecular formula is C10H15IO4. The highest BCUT2D eigenvalue weighted by Crippen LogP contribution is 2.26. The van der Waals surface area contributed by atoms with E-state index < -0.39 is 15.5 Å². The highest BCUT2D eigenvalue weighted by molar-refractivity contribution is 14.1. The minimum absolute atomic E-state index is 0.155. The molecule has 0 aromatic carbocycles. The summed E-state index contributed by atoms with van der Waals surface area (Å²) in [4.78, 5) is 22.9. The van der Waals surface area contributed by atoms with E-state index >= 15 is 0 Å². The molecule has 5 heteroatoms. The molecule has 1 heterocycles. The summed E-state index contributed by atoms with van der Waals surface area (Å²) in [6, 6.07) is 0. The predicted molar refractivity (Wildman–Crippen MR) is 62.8 cm³/mol. The maximum atomic E-state index is 11.7. The predicted octanol–water partition coefficient (Wildman–Crippen LogP) is 1.84. The van der Waals surface area contributed by atoms with Gasteiger partial charge in [0.2, 0.25) is 6.10 Å². The maximum Gasteiger partial charge on any atom is 0.347 e. The molecule has 0 radical (unpaired) electrons. The molecule has 0 N–H and O–H groups in total. The molecule has 0 spiro atoms. The Morgan fingerprint density at radius 1 is 1.73 bits per heavy atom. The van der Waals surface area contributed by atoms with E-state index in [1.54, 1.807) is 13.8 Å². The lowest BCUT2D eigenvalue weighted by atomic mass is 10.1. The number of alkyl halides is 1. The average molecular weight is 326 g/mol. The zero-order valence-corrected chi connectivity index (χ0v) is 11.2. The molecule has 1 rings (SSSR count). The van der Waals surface area contributed by atoms with Crippen LogP contribution >= 0.6 is 22.6 Å². The van der Waals surface area contributed by atoms with E-state index in [1.165, 1.54) is 0 Å². The lowest BCUT2D eigenvalue weighted by Gasteiger charge is -2.20. The third-order valence-electron chi connectivity index (χ3n) is 2.47. The first-order chi connectivity index (χ1) is 6.86. The van der Waals surface area contributed by atoms with E-state index in [4.69, 9.17) is 9.47 Å². The van der Waals surface area contributed by atoms with E-state index in [1.807, 2.05) is 29.5 Å². The molecule has 86 valence electrons. The van der Waals surface area contributed by atoms with Gasteiger partial charge in [0, 0.05) is 6.42 Å². The van der Waals surface area contributed by atoms with Crippen molar-refractivity contribution in [3.63, 3.8) is 0 Å². The number of esters is 2. The summed E-state index contributed by atoms with van der Waals surface area (Å²) in [6.07, 6.45) is 0.260. The Kier molecular flexibility index (Phi) is 3.97. The molecule has 1 aliphatic rings. The summed E-state index contributed by atoms with van der Waals surface area (Å²) in [5.74, 6) is -0.777. The normalized spacial score (nSPS) is 29.5. The number of cyclic esters (lactones) is 1. The first-order valence-corrected chi connectivity index (χ1v) is 6.05. The fraction of sp³-hybridized carbons (Fsp3) is 0.800. The quantitative estimate of drug-likeness (QED) is 0.451. The smallest absolute Gasteiger partial charge is 0.347 e. The fourth-order valence-corrected chi connectivity index (χ4v) is 1.34. The van der Waals surface area contributed by atoms with E-state index in [-0.39, 0.29) is 12.1 Å². The van der Waals surface area contributed by atoms with Crippen LogP contribution in [0.15, 0.2) is 0 Å². The molecule has 3 atom stereocenters. The molecule has 0 saturated carbocycles. The van der Waals surface area contributed by atoms with Crippen LogP contribution in [-0.4, -0.2) is 27.6 Å². The third kappa shape index (κ3) is 3.06. The maximum absolute atomic E-state index is 11.7. The Balaban J connectivity index is 2.56. The van der Waals surface area contributed by atoms with Gasteiger partial charge in [-0.05, 0) is 20.3 Å². The second-order valence-corrected chi connectivity index (χ2v) is 6.31. The first-order valence-electron chi connectivity index (χ1n) is 4.97. The summed E-state index contributed by atoms with van der Waals surface area (Å²) < 4.78 is 9.47. The molecule has 1 saturated heterocycles. The number of carbonyl (C=O) groups excluding carboxylic acids is 2. The summed E-state index contributed by atoms with van der Waals surface area (Å²) in [5, 5.41) is 0. The topological polar surface area (TPSA) is 52.6 Å². The van der Waals surface area contributed by atoms with Gasteiger partial charge in [0.15, 0.2) is 0 Å². The molecule has 0 amide bonds. The fourth-order valence-electron chi connectivity index (χ4n) is 1.21. The highest BCUT2D eigenvalue weighted by Gasteiger charge is 2.39. The standard InChI is InChI=1S/C10H15IO4/c1-4-10(3,11)9(13)15-7-5-6(2)14-8(7)12/h6-7H,4-5H2,1-3H3. The van der Waals surface area contributed by atoms with Crippen molar-refractivity contribution >= 4 is 34.5 Å². The van der Waals surface area contributed by atoms with Crippen molar-refractivity contribution in [1.82, 2.24) is 0 Å². The molecule has 3 unspecified atom stereocenters. The van der Waals surface area contributed by atoms with Gasteiger partial charge in [0.25, 0.3) is 0 Å². The van der Waals surface area contributed by atoms with Gasteiger partial charge in [0.05, 0.1) is 0 Å². The Labute approximate surface area is 103 Å². The number of halogens is 1. The van der Waals surface area contributed by atoms with Crippen LogP contribution in [0.3, 0.4) is 0 Å². The molecule has 4 nitrogen and oxygen atoms in total. The van der Waals surface area contributed by atoms with Crippen LogP contribution in [0.1, 0.15) is 33.6 Å². The highest BCUT2D eigenvalue weighted by atomic mass is 127. The number of hydrogen-bond acceptors (Lipinski definition) is 4. The summed E-state index contributed by atoms with van der Waals surface area (Å²) in [7, 11) is 0. The zero-order chi connectivity index (χ0) is 11.6. The minimum Gasteiger partial charge on any atom is -0.460 e. The molecule has 0 aliphatic carbocycles. The van der Waals surface area contributed by atoms with Crippen LogP contribution in [0.4, 0.5) is 0 Å². The van der Waals surface area contributed by atoms with Crippen molar-refractivity contribution in [2.75, 3.05) is 0 Å². The van der Waals surface area contributed by atoms with Crippen LogP contribution in [0, 0.1) is 0 Å². The van der Waals surface area contributed by atoms with E-state index in [2.05, 4.69) is 0 Å². The lowest BCUT2D eigenvalue weighted by Crippen LogP contribution is -2.34. The van der Waals surface area contributed by atoms with Gasteiger partial charge in [-0.2, -0.15) is 0 Å². The molecular weight excluding hydrogens is 311 g/mol. The Morgan fingerprint density at radius 3 is 2.73 bits per heavy atom. The van der Waals surface area contributed by atoms with Crippen LogP contribution in [0.25, 0.3) is 0 Å². The second kappa shape index (κ2) is 4.67. The van der Waals surface area contributed by atoms with E-state index in [0.717, 1.165) is 0 Å². The van der Waals surface area contributed by atoms with Crippen LogP contribution in [0.2, 0.25) is 0 Å². The van der Waals surface area contributed by atoms with Crippen molar-refractivity contribution in [2.45, 2.75) is 49.2 Å². The second-order valence-electron chi connectivity index (χ2n) is 3.93. The number of carbonyl (C=O) groups is 2. The van der Waals surface area contributed by atoms with Crippen molar-refractivity contribution in [1.29, 1.82) is 0 Å². The van der Waals surface area contributed by atoms with Gasteiger partial charge in [-0.1, -0.05) is 29.5 Å². The van der Waals surface area contributed by atoms with E-state index in [0.29, 0.717) is 12.8 Å². The zero-order valence-electron chi connectivity index (χ0n) is 9.08. The Morgan fingerprint density at radius 2 is 2.33 bits per heavy atom. The van der Waals surface area contributed by atoms with Gasteiger partial charge in [0.1, 0.15) is 9.53 Å². The molecule has 0 aromatic heterocycles. The SMILES string of the molecule is CCC(C)(I)C(=O)OC1CC(C)OC1=O. The largest absolute Gasteiger partial charge is 0.460 e. The van der Waals surface area contributed by atoms with Crippen LogP contribution < -0.4 is 0 Å². The molecule has 1 fully saturated rings. The van der Waals surface area contributed by atoms with Crippen molar-refractivity contribution in [3.8, 4) is 0 Å². The Bertz CT molecular complexity index is 275. The van der Waals surface area contributed by atoms with Gasteiger partial charge < -0.3 is 9.47 Å². The van der Waals surface area contributed by atoms with Crippen LogP contribution in [-0.2, 0) is 19.1 Å². The van der Waals surface area contributed by atoms with Gasteiger partial charge in [-0.25, -0.2) is 4.79 Å². The molecule has 0 bridgehead atoms. The molecule has 0 aromatic rings. The minimum atomic E-state index is -0.715. The summed E-state index contributed by atoms with van der Waals surface area (Å²) >= 11 is 2.04. The molecule has 15 heavy (non-hydrogen) atoms. The van der Waals surface area contributed by atoms with Gasteiger partial charge in [-0.15, -0.1) is 0 Å². The average Bonchev–Trinajstić information content (AvgIpc) is 2.45. The van der Waals surface area contributed by atoms with Gasteiger partial charge >= 0.3 is 11.9 Å². The summed E-state index contributed by atoms with van der Waals surface area (Å²) in [6.45, 7) is 5.48. The van der Waals surface area contributed by atoms with E-state index in [9.17, 15) is 9.59 Å². The molecule has 1 aliphatic heterocycles. The number of rotatable bonds is 3. The lowest BCUT2D eigenvalue weighted by molar-refractivity contribution is -0.161. The van der Waals surface area contributed by atoms with Crippen LogP contribution in [0.5, 0.6) is 0 Å². The van der Waals surface area contributed by atoms with Crippen molar-refractivity contribution in [3.05, 3.63) is 0 Å². The van der Waals surface area contributed by atoms with Crippen molar-refractivity contribution < 1.29 is 19.1 Å².